The first-order chi connectivity index (χ1) is 11.7. The van der Waals surface area contributed by atoms with Crippen molar-refractivity contribution in [3.63, 3.8) is 0 Å². The molecule has 2 aliphatic rings. The molecule has 1 saturated heterocycles. The number of rotatable bonds is 7. The van der Waals surface area contributed by atoms with Crippen molar-refractivity contribution in [2.45, 2.75) is 51.9 Å². The normalized spacial score (nSPS) is 22.4. The van der Waals surface area contributed by atoms with Gasteiger partial charge in [-0.25, -0.2) is 0 Å². The van der Waals surface area contributed by atoms with Crippen molar-refractivity contribution in [2.75, 3.05) is 26.3 Å². The molecule has 1 heterocycles. The second kappa shape index (κ2) is 8.15. The van der Waals surface area contributed by atoms with Crippen LogP contribution in [-0.2, 0) is 9.53 Å². The van der Waals surface area contributed by atoms with E-state index < -0.39 is 0 Å². The average Bonchev–Trinajstić information content (AvgIpc) is 3.44. The van der Waals surface area contributed by atoms with Crippen molar-refractivity contribution >= 4 is 5.91 Å². The zero-order valence-corrected chi connectivity index (χ0v) is 15.2. The van der Waals surface area contributed by atoms with Crippen molar-refractivity contribution in [1.82, 2.24) is 4.90 Å². The summed E-state index contributed by atoms with van der Waals surface area (Å²) in [6.45, 7) is 7.52. The number of hydrogen-bond acceptors (Lipinski definition) is 2. The van der Waals surface area contributed by atoms with E-state index >= 15 is 0 Å². The molecule has 3 nitrogen and oxygen atoms in total. The lowest BCUT2D eigenvalue weighted by atomic mass is 9.89. The highest BCUT2D eigenvalue weighted by Gasteiger charge is 2.35. The smallest absolute Gasteiger partial charge is 0.223 e. The molecule has 0 radical (unpaired) electrons. The summed E-state index contributed by atoms with van der Waals surface area (Å²) in [5.74, 6) is 1.97. The van der Waals surface area contributed by atoms with Gasteiger partial charge < -0.3 is 9.64 Å². The molecule has 0 bridgehead atoms. The number of carbonyl (C=O) groups is 1. The van der Waals surface area contributed by atoms with Crippen molar-refractivity contribution < 1.29 is 9.53 Å². The van der Waals surface area contributed by atoms with E-state index in [0.29, 0.717) is 30.1 Å². The maximum atomic E-state index is 12.9. The predicted molar refractivity (Wildman–Crippen MR) is 97.1 cm³/mol. The Kier molecular flexibility index (Phi) is 5.94. The van der Waals surface area contributed by atoms with Gasteiger partial charge in [-0.05, 0) is 62.8 Å². The zero-order chi connectivity index (χ0) is 16.9. The maximum Gasteiger partial charge on any atom is 0.223 e. The molecule has 3 heteroatoms. The zero-order valence-electron chi connectivity index (χ0n) is 15.2. The molecule has 0 N–H and O–H groups in total. The molecular weight excluding hydrogens is 298 g/mol. The molecule has 1 aromatic carbocycles. The minimum absolute atomic E-state index is 0.341. The number of likely N-dealkylation sites (tertiary alicyclic amines) is 1. The van der Waals surface area contributed by atoms with Crippen LogP contribution in [0.2, 0.25) is 0 Å². The van der Waals surface area contributed by atoms with E-state index in [1.54, 1.807) is 0 Å². The monoisotopic (exact) mass is 329 g/mol. The fraction of sp³-hybridized carbons (Fsp3) is 0.667. The topological polar surface area (TPSA) is 29.5 Å². The van der Waals surface area contributed by atoms with Crippen LogP contribution >= 0.6 is 0 Å². The van der Waals surface area contributed by atoms with E-state index in [9.17, 15) is 4.79 Å². The summed E-state index contributed by atoms with van der Waals surface area (Å²) in [5, 5.41) is 0. The molecule has 1 aliphatic carbocycles. The van der Waals surface area contributed by atoms with Crippen LogP contribution in [0.15, 0.2) is 24.3 Å². The molecule has 1 aliphatic heterocycles. The van der Waals surface area contributed by atoms with Gasteiger partial charge in [0.25, 0.3) is 0 Å². The number of amides is 1. The molecule has 2 fully saturated rings. The Morgan fingerprint density at radius 1 is 1.25 bits per heavy atom. The number of hydrogen-bond donors (Lipinski definition) is 0. The van der Waals surface area contributed by atoms with E-state index in [4.69, 9.17) is 4.74 Å². The number of piperidine rings is 1. The summed E-state index contributed by atoms with van der Waals surface area (Å²) in [5.41, 5.74) is 2.63. The van der Waals surface area contributed by atoms with Crippen molar-refractivity contribution in [3.8, 4) is 0 Å². The van der Waals surface area contributed by atoms with Crippen LogP contribution in [0.1, 0.15) is 56.1 Å². The summed E-state index contributed by atoms with van der Waals surface area (Å²) in [6, 6.07) is 8.79. The SMILES string of the molecule is CCOCC1CCCN(C(=O)CC(c2ccc(C)cc2)C2CC2)C1. The lowest BCUT2D eigenvalue weighted by molar-refractivity contribution is -0.134. The summed E-state index contributed by atoms with van der Waals surface area (Å²) in [7, 11) is 0. The van der Waals surface area contributed by atoms with E-state index in [0.717, 1.165) is 32.7 Å². The molecule has 2 atom stereocenters. The number of benzene rings is 1. The van der Waals surface area contributed by atoms with E-state index in [-0.39, 0.29) is 0 Å². The highest BCUT2D eigenvalue weighted by molar-refractivity contribution is 5.77. The van der Waals surface area contributed by atoms with Gasteiger partial charge in [0, 0.05) is 26.1 Å². The molecule has 24 heavy (non-hydrogen) atoms. The second-order valence-electron chi connectivity index (χ2n) is 7.57. The fourth-order valence-electron chi connectivity index (χ4n) is 3.90. The standard InChI is InChI=1S/C21H31NO2/c1-3-24-15-17-5-4-12-22(14-17)21(23)13-20(19-10-11-19)18-8-6-16(2)7-9-18/h6-9,17,19-20H,3-5,10-15H2,1-2H3. The number of aryl methyl sites for hydroxylation is 1. The molecule has 3 rings (SSSR count). The first-order valence-electron chi connectivity index (χ1n) is 9.59. The Bertz CT molecular complexity index is 535. The van der Waals surface area contributed by atoms with Crippen LogP contribution in [0.3, 0.4) is 0 Å². The van der Waals surface area contributed by atoms with Crippen LogP contribution in [0.5, 0.6) is 0 Å². The van der Waals surface area contributed by atoms with Crippen LogP contribution < -0.4 is 0 Å². The van der Waals surface area contributed by atoms with Crippen LogP contribution in [-0.4, -0.2) is 37.1 Å². The molecule has 132 valence electrons. The first-order valence-corrected chi connectivity index (χ1v) is 9.59. The molecule has 0 aromatic heterocycles. The van der Waals surface area contributed by atoms with E-state index in [2.05, 4.69) is 36.1 Å². The van der Waals surface area contributed by atoms with Crippen LogP contribution in [0.4, 0.5) is 0 Å². The van der Waals surface area contributed by atoms with Gasteiger partial charge in [0.1, 0.15) is 0 Å². The highest BCUT2D eigenvalue weighted by Crippen LogP contribution is 2.44. The summed E-state index contributed by atoms with van der Waals surface area (Å²) in [4.78, 5) is 15.0. The molecule has 2 unspecified atom stereocenters. The molecular formula is C21H31NO2. The number of nitrogens with zero attached hydrogens (tertiary/aromatic N) is 1. The lowest BCUT2D eigenvalue weighted by Gasteiger charge is -2.33. The van der Waals surface area contributed by atoms with Gasteiger partial charge in [0.05, 0.1) is 6.61 Å². The third kappa shape index (κ3) is 4.60. The minimum Gasteiger partial charge on any atom is -0.381 e. The third-order valence-electron chi connectivity index (χ3n) is 5.52. The van der Waals surface area contributed by atoms with Gasteiger partial charge in [-0.3, -0.25) is 4.79 Å². The summed E-state index contributed by atoms with van der Waals surface area (Å²) in [6.07, 6.45) is 5.53. The Balaban J connectivity index is 1.60. The Labute approximate surface area is 146 Å². The maximum absolute atomic E-state index is 12.9. The number of carbonyl (C=O) groups excluding carboxylic acids is 1. The second-order valence-corrected chi connectivity index (χ2v) is 7.57. The number of ether oxygens (including phenoxy) is 1. The van der Waals surface area contributed by atoms with Gasteiger partial charge in [-0.15, -0.1) is 0 Å². The summed E-state index contributed by atoms with van der Waals surface area (Å²) < 4.78 is 5.57. The van der Waals surface area contributed by atoms with Crippen LogP contribution in [0, 0.1) is 18.8 Å². The lowest BCUT2D eigenvalue weighted by Crippen LogP contribution is -2.41. The van der Waals surface area contributed by atoms with E-state index in [1.165, 1.54) is 30.4 Å². The Morgan fingerprint density at radius 3 is 2.67 bits per heavy atom. The van der Waals surface area contributed by atoms with Crippen molar-refractivity contribution in [1.29, 1.82) is 0 Å². The van der Waals surface area contributed by atoms with Crippen molar-refractivity contribution in [2.24, 2.45) is 11.8 Å². The van der Waals surface area contributed by atoms with Gasteiger partial charge in [0.15, 0.2) is 0 Å². The highest BCUT2D eigenvalue weighted by atomic mass is 16.5. The Hall–Kier alpha value is -1.35. The molecule has 1 aromatic rings. The van der Waals surface area contributed by atoms with Gasteiger partial charge >= 0.3 is 0 Å². The molecule has 1 amide bonds. The quantitative estimate of drug-likeness (QED) is 0.752. The van der Waals surface area contributed by atoms with E-state index in [1.807, 2.05) is 6.92 Å². The Morgan fingerprint density at radius 2 is 2.00 bits per heavy atom. The molecule has 0 spiro atoms. The first kappa shape index (κ1) is 17.5. The largest absolute Gasteiger partial charge is 0.381 e. The molecule has 1 saturated carbocycles. The summed E-state index contributed by atoms with van der Waals surface area (Å²) >= 11 is 0. The third-order valence-corrected chi connectivity index (χ3v) is 5.52. The van der Waals surface area contributed by atoms with Crippen LogP contribution in [0.25, 0.3) is 0 Å². The van der Waals surface area contributed by atoms with Gasteiger partial charge in [-0.1, -0.05) is 29.8 Å². The van der Waals surface area contributed by atoms with Crippen molar-refractivity contribution in [3.05, 3.63) is 35.4 Å². The average molecular weight is 329 g/mol. The van der Waals surface area contributed by atoms with Gasteiger partial charge in [0.2, 0.25) is 5.91 Å². The fourth-order valence-corrected chi connectivity index (χ4v) is 3.90. The predicted octanol–water partition coefficient (Wildman–Crippen LogP) is 4.15. The van der Waals surface area contributed by atoms with Gasteiger partial charge in [-0.2, -0.15) is 0 Å². The minimum atomic E-state index is 0.341.